The molecule has 0 amide bonds. The van der Waals surface area contributed by atoms with Crippen molar-refractivity contribution >= 4 is 24.8 Å². The molecule has 3 heterocycles. The molecule has 2 aliphatic rings. The molecular weight excluding hydrogens is 285 g/mol. The highest BCUT2D eigenvalue weighted by molar-refractivity contribution is 5.85. The summed E-state index contributed by atoms with van der Waals surface area (Å²) < 4.78 is 0. The number of hydrogen-bond acceptors (Lipinski definition) is 4. The molecule has 2 N–H and O–H groups in total. The second-order valence-electron chi connectivity index (χ2n) is 5.32. The molecule has 0 aromatic carbocycles. The van der Waals surface area contributed by atoms with E-state index in [2.05, 4.69) is 25.4 Å². The average Bonchev–Trinajstić information content (AvgIpc) is 2.75. The molecule has 2 saturated heterocycles. The lowest BCUT2D eigenvalue weighted by atomic mass is 9.85. The number of piperidine rings is 2. The first kappa shape index (κ1) is 16.7. The van der Waals surface area contributed by atoms with Crippen LogP contribution in [-0.4, -0.2) is 45.8 Å². The smallest absolute Gasteiger partial charge is 0.164 e. The Morgan fingerprint density at radius 2 is 2.16 bits per heavy atom. The second kappa shape index (κ2) is 7.43. The predicted molar refractivity (Wildman–Crippen MR) is 80.0 cm³/mol. The number of aromatic nitrogens is 3. The van der Waals surface area contributed by atoms with Crippen molar-refractivity contribution in [3.8, 4) is 0 Å². The largest absolute Gasteiger partial charge is 0.314 e. The lowest BCUT2D eigenvalue weighted by molar-refractivity contribution is 0.107. The van der Waals surface area contributed by atoms with E-state index in [4.69, 9.17) is 0 Å². The number of hydrogen-bond donors (Lipinski definition) is 2. The molecule has 0 radical (unpaired) electrons. The van der Waals surface area contributed by atoms with Gasteiger partial charge in [0, 0.05) is 19.1 Å². The van der Waals surface area contributed by atoms with Gasteiger partial charge >= 0.3 is 0 Å². The normalized spacial score (nSPS) is 27.0. The first-order valence-corrected chi connectivity index (χ1v) is 6.65. The molecular formula is C12H23Cl2N5. The van der Waals surface area contributed by atoms with Gasteiger partial charge < -0.3 is 5.32 Å². The fourth-order valence-corrected chi connectivity index (χ4v) is 3.12. The molecule has 19 heavy (non-hydrogen) atoms. The van der Waals surface area contributed by atoms with Crippen LogP contribution in [0.3, 0.4) is 0 Å². The van der Waals surface area contributed by atoms with Crippen molar-refractivity contribution in [3.63, 3.8) is 0 Å². The zero-order valence-corrected chi connectivity index (χ0v) is 12.9. The maximum atomic E-state index is 4.38. The van der Waals surface area contributed by atoms with Crippen LogP contribution < -0.4 is 5.32 Å². The van der Waals surface area contributed by atoms with E-state index in [1.54, 1.807) is 0 Å². The van der Waals surface area contributed by atoms with E-state index >= 15 is 0 Å². The predicted octanol–water partition coefficient (Wildman–Crippen LogP) is 1.53. The van der Waals surface area contributed by atoms with Crippen LogP contribution in [0.4, 0.5) is 0 Å². The Hall–Kier alpha value is -0.360. The first-order chi connectivity index (χ1) is 8.31. The van der Waals surface area contributed by atoms with E-state index in [-0.39, 0.29) is 24.8 Å². The highest BCUT2D eigenvalue weighted by atomic mass is 35.5. The highest BCUT2D eigenvalue weighted by Gasteiger charge is 2.31. The Morgan fingerprint density at radius 3 is 2.89 bits per heavy atom. The number of aryl methyl sites for hydroxylation is 1. The summed E-state index contributed by atoms with van der Waals surface area (Å²) in [6.45, 7) is 6.43. The van der Waals surface area contributed by atoms with E-state index in [9.17, 15) is 0 Å². The number of aromatic amines is 1. The fourth-order valence-electron chi connectivity index (χ4n) is 3.12. The van der Waals surface area contributed by atoms with Crippen LogP contribution in [0, 0.1) is 12.8 Å². The summed E-state index contributed by atoms with van der Waals surface area (Å²) in [6.07, 6.45) is 3.98. The summed E-state index contributed by atoms with van der Waals surface area (Å²) >= 11 is 0. The fraction of sp³-hybridized carbons (Fsp3) is 0.833. The van der Waals surface area contributed by atoms with E-state index in [1.165, 1.54) is 38.9 Å². The summed E-state index contributed by atoms with van der Waals surface area (Å²) in [5.41, 5.74) is 0. The van der Waals surface area contributed by atoms with E-state index in [1.807, 2.05) is 6.92 Å². The molecule has 0 unspecified atom stereocenters. The zero-order valence-electron chi connectivity index (χ0n) is 11.3. The molecule has 2 aliphatic heterocycles. The third kappa shape index (κ3) is 4.05. The van der Waals surface area contributed by atoms with Gasteiger partial charge in [0.1, 0.15) is 5.82 Å². The monoisotopic (exact) mass is 307 g/mol. The number of likely N-dealkylation sites (tertiary alicyclic amines) is 1. The molecule has 3 rings (SSSR count). The maximum Gasteiger partial charge on any atom is 0.164 e. The lowest BCUT2D eigenvalue weighted by Gasteiger charge is -2.41. The molecule has 1 aromatic heterocycles. The molecule has 0 spiro atoms. The van der Waals surface area contributed by atoms with E-state index in [0.717, 1.165) is 30.2 Å². The molecule has 0 saturated carbocycles. The van der Waals surface area contributed by atoms with Crippen molar-refractivity contribution in [2.45, 2.75) is 38.8 Å². The van der Waals surface area contributed by atoms with Gasteiger partial charge in [0.25, 0.3) is 0 Å². The van der Waals surface area contributed by atoms with Crippen molar-refractivity contribution < 1.29 is 0 Å². The van der Waals surface area contributed by atoms with Crippen molar-refractivity contribution in [3.05, 3.63) is 11.6 Å². The van der Waals surface area contributed by atoms with Crippen LogP contribution in [-0.2, 0) is 6.54 Å². The van der Waals surface area contributed by atoms with Crippen molar-refractivity contribution in [2.24, 2.45) is 5.92 Å². The zero-order chi connectivity index (χ0) is 11.7. The molecule has 0 bridgehead atoms. The SMILES string of the molecule is Cc1nc(CN2CC[C@@H]3NCCC[C@@H]3C2)n[nH]1.Cl.Cl. The Bertz CT molecular complexity index is 384. The number of H-pyrrole nitrogens is 1. The van der Waals surface area contributed by atoms with Gasteiger partial charge in [-0.05, 0) is 38.6 Å². The van der Waals surface area contributed by atoms with Gasteiger partial charge in [-0.3, -0.25) is 10.00 Å². The van der Waals surface area contributed by atoms with Gasteiger partial charge in [-0.1, -0.05) is 0 Å². The Morgan fingerprint density at radius 1 is 1.32 bits per heavy atom. The van der Waals surface area contributed by atoms with Crippen LogP contribution in [0.2, 0.25) is 0 Å². The van der Waals surface area contributed by atoms with Crippen LogP contribution in [0.1, 0.15) is 30.9 Å². The number of nitrogens with zero attached hydrogens (tertiary/aromatic N) is 3. The van der Waals surface area contributed by atoms with Gasteiger partial charge in [0.15, 0.2) is 5.82 Å². The summed E-state index contributed by atoms with van der Waals surface area (Å²) in [7, 11) is 0. The Kier molecular flexibility index (Phi) is 6.53. The summed E-state index contributed by atoms with van der Waals surface area (Å²) in [6, 6.07) is 0.758. The van der Waals surface area contributed by atoms with Crippen LogP contribution in [0.15, 0.2) is 0 Å². The van der Waals surface area contributed by atoms with E-state index in [0.29, 0.717) is 0 Å². The topological polar surface area (TPSA) is 56.8 Å². The molecule has 5 nitrogen and oxygen atoms in total. The number of rotatable bonds is 2. The molecule has 2 atom stereocenters. The Labute approximate surface area is 126 Å². The van der Waals surface area contributed by atoms with Crippen LogP contribution in [0.25, 0.3) is 0 Å². The highest BCUT2D eigenvalue weighted by Crippen LogP contribution is 2.25. The van der Waals surface area contributed by atoms with E-state index < -0.39 is 0 Å². The summed E-state index contributed by atoms with van der Waals surface area (Å²) in [5.74, 6) is 2.68. The molecule has 1 aromatic rings. The number of halogens is 2. The van der Waals surface area contributed by atoms with Crippen molar-refractivity contribution in [1.82, 2.24) is 25.4 Å². The molecule has 2 fully saturated rings. The average molecular weight is 308 g/mol. The van der Waals surface area contributed by atoms with Gasteiger partial charge in [-0.25, -0.2) is 4.98 Å². The maximum absolute atomic E-state index is 4.38. The van der Waals surface area contributed by atoms with Crippen LogP contribution in [0.5, 0.6) is 0 Å². The van der Waals surface area contributed by atoms with Gasteiger partial charge in [0.05, 0.1) is 6.54 Å². The van der Waals surface area contributed by atoms with Gasteiger partial charge in [-0.15, -0.1) is 24.8 Å². The number of nitrogens with one attached hydrogen (secondary N) is 2. The lowest BCUT2D eigenvalue weighted by Crippen LogP contribution is -2.51. The van der Waals surface area contributed by atoms with Crippen LogP contribution >= 0.6 is 24.8 Å². The summed E-state index contributed by atoms with van der Waals surface area (Å²) in [5, 5.41) is 10.8. The quantitative estimate of drug-likeness (QED) is 0.870. The Balaban J connectivity index is 0.000000902. The standard InChI is InChI=1S/C12H21N5.2ClH/c1-9-14-12(16-15-9)8-17-6-4-11-10(7-17)3-2-5-13-11;;/h10-11,13H,2-8H2,1H3,(H,14,15,16);2*1H/t10-,11+;;/m1../s1. The minimum Gasteiger partial charge on any atom is -0.314 e. The summed E-state index contributed by atoms with van der Waals surface area (Å²) in [4.78, 5) is 6.88. The third-order valence-corrected chi connectivity index (χ3v) is 3.98. The second-order valence-corrected chi connectivity index (χ2v) is 5.32. The third-order valence-electron chi connectivity index (χ3n) is 3.98. The minimum absolute atomic E-state index is 0. The molecule has 0 aliphatic carbocycles. The van der Waals surface area contributed by atoms with Gasteiger partial charge in [-0.2, -0.15) is 5.10 Å². The first-order valence-electron chi connectivity index (χ1n) is 6.65. The molecule has 7 heteroatoms. The van der Waals surface area contributed by atoms with Crippen molar-refractivity contribution in [2.75, 3.05) is 19.6 Å². The minimum atomic E-state index is 0. The van der Waals surface area contributed by atoms with Gasteiger partial charge in [0.2, 0.25) is 0 Å². The number of fused-ring (bicyclic) bond motifs is 1. The van der Waals surface area contributed by atoms with Crippen molar-refractivity contribution in [1.29, 1.82) is 0 Å². The molecule has 110 valence electrons.